The first-order valence-corrected chi connectivity index (χ1v) is 13.0. The number of hydrogen-bond donors (Lipinski definition) is 0. The van der Waals surface area contributed by atoms with Crippen LogP contribution in [0.4, 0.5) is 5.69 Å². The number of benzene rings is 3. The van der Waals surface area contributed by atoms with E-state index in [-0.39, 0.29) is 17.3 Å². The fourth-order valence-electron chi connectivity index (χ4n) is 4.31. The minimum atomic E-state index is -0.430. The molecule has 188 valence electrons. The largest absolute Gasteiger partial charge is 0.339 e. The molecule has 1 aliphatic heterocycles. The van der Waals surface area contributed by atoms with E-state index in [0.29, 0.717) is 29.6 Å². The molecule has 10 heteroatoms. The molecule has 1 amide bonds. The summed E-state index contributed by atoms with van der Waals surface area (Å²) < 4.78 is 1.89. The SMILES string of the molecule is O=C(CSc1nnc(-c2ccc([N+](=O)[O-])cc2)n1-c1ccccc1)N1CCN(Cc2ccccc2)CC1. The minimum absolute atomic E-state index is 0.0126. The zero-order valence-electron chi connectivity index (χ0n) is 20.1. The standard InChI is InChI=1S/C27H26N6O3S/c34-25(31-17-15-30(16-18-31)19-21-7-3-1-4-8-21)20-37-27-29-28-26(32(27)23-9-5-2-6-10-23)22-11-13-24(14-12-22)33(35)36/h1-14H,15-20H2. The first kappa shape index (κ1) is 24.7. The number of carbonyl (C=O) groups excluding carboxylic acids is 1. The molecule has 1 aromatic heterocycles. The molecule has 0 N–H and O–H groups in total. The second-order valence-electron chi connectivity index (χ2n) is 8.71. The monoisotopic (exact) mass is 514 g/mol. The second-order valence-corrected chi connectivity index (χ2v) is 9.65. The summed E-state index contributed by atoms with van der Waals surface area (Å²) >= 11 is 1.35. The van der Waals surface area contributed by atoms with E-state index in [1.807, 2.05) is 58.0 Å². The Morgan fingerprint density at radius 2 is 1.51 bits per heavy atom. The number of carbonyl (C=O) groups is 1. The molecule has 0 spiro atoms. The fraction of sp³-hybridized carbons (Fsp3) is 0.222. The molecule has 0 atom stereocenters. The Kier molecular flexibility index (Phi) is 7.57. The lowest BCUT2D eigenvalue weighted by atomic mass is 10.2. The predicted octanol–water partition coefficient (Wildman–Crippen LogP) is 4.28. The predicted molar refractivity (Wildman–Crippen MR) is 142 cm³/mol. The maximum absolute atomic E-state index is 13.0. The molecule has 0 bridgehead atoms. The first-order chi connectivity index (χ1) is 18.1. The fourth-order valence-corrected chi connectivity index (χ4v) is 5.16. The Morgan fingerprint density at radius 1 is 0.865 bits per heavy atom. The van der Waals surface area contributed by atoms with Gasteiger partial charge >= 0.3 is 0 Å². The van der Waals surface area contributed by atoms with Gasteiger partial charge in [0.15, 0.2) is 11.0 Å². The van der Waals surface area contributed by atoms with Crippen molar-refractivity contribution >= 4 is 23.4 Å². The Morgan fingerprint density at radius 3 is 2.16 bits per heavy atom. The number of piperazine rings is 1. The van der Waals surface area contributed by atoms with Gasteiger partial charge in [-0.2, -0.15) is 0 Å². The van der Waals surface area contributed by atoms with E-state index in [1.165, 1.54) is 29.5 Å². The Hall–Kier alpha value is -4.02. The van der Waals surface area contributed by atoms with Crippen LogP contribution >= 0.6 is 11.8 Å². The van der Waals surface area contributed by atoms with Crippen LogP contribution in [0.15, 0.2) is 90.1 Å². The van der Waals surface area contributed by atoms with E-state index >= 15 is 0 Å². The number of thioether (sulfide) groups is 1. The molecule has 2 heterocycles. The van der Waals surface area contributed by atoms with Crippen molar-refractivity contribution in [2.24, 2.45) is 0 Å². The molecule has 0 aliphatic carbocycles. The van der Waals surface area contributed by atoms with Crippen molar-refractivity contribution in [1.82, 2.24) is 24.6 Å². The van der Waals surface area contributed by atoms with Gasteiger partial charge in [-0.3, -0.25) is 24.4 Å². The van der Waals surface area contributed by atoms with Crippen molar-refractivity contribution in [3.63, 3.8) is 0 Å². The summed E-state index contributed by atoms with van der Waals surface area (Å²) in [6, 6.07) is 26.2. The van der Waals surface area contributed by atoms with Gasteiger partial charge in [-0.15, -0.1) is 10.2 Å². The van der Waals surface area contributed by atoms with Gasteiger partial charge in [0, 0.05) is 56.1 Å². The van der Waals surface area contributed by atoms with E-state index in [2.05, 4.69) is 27.2 Å². The zero-order chi connectivity index (χ0) is 25.6. The van der Waals surface area contributed by atoms with Crippen molar-refractivity contribution in [1.29, 1.82) is 0 Å². The number of hydrogen-bond acceptors (Lipinski definition) is 7. The molecule has 4 aromatic rings. The van der Waals surface area contributed by atoms with Crippen LogP contribution in [-0.4, -0.2) is 67.3 Å². The summed E-state index contributed by atoms with van der Waals surface area (Å²) in [5, 5.41) is 20.4. The van der Waals surface area contributed by atoms with Crippen LogP contribution in [0.2, 0.25) is 0 Å². The number of nitrogens with zero attached hydrogens (tertiary/aromatic N) is 6. The lowest BCUT2D eigenvalue weighted by molar-refractivity contribution is -0.384. The number of rotatable bonds is 8. The van der Waals surface area contributed by atoms with E-state index in [1.54, 1.807) is 12.1 Å². The molecular formula is C27H26N6O3S. The molecule has 5 rings (SSSR count). The normalized spacial score (nSPS) is 14.0. The molecule has 9 nitrogen and oxygen atoms in total. The number of nitro groups is 1. The Balaban J connectivity index is 1.26. The number of aromatic nitrogens is 3. The van der Waals surface area contributed by atoms with Gasteiger partial charge in [-0.05, 0) is 29.8 Å². The Bertz CT molecular complexity index is 1350. The second kappa shape index (κ2) is 11.4. The summed E-state index contributed by atoms with van der Waals surface area (Å²) in [5.41, 5.74) is 2.85. The van der Waals surface area contributed by atoms with Crippen LogP contribution in [-0.2, 0) is 11.3 Å². The number of para-hydroxylation sites is 1. The summed E-state index contributed by atoms with van der Waals surface area (Å²) in [6.45, 7) is 3.98. The molecule has 0 saturated carbocycles. The highest BCUT2D eigenvalue weighted by Crippen LogP contribution is 2.29. The van der Waals surface area contributed by atoms with Gasteiger partial charge in [0.05, 0.1) is 10.7 Å². The molecule has 3 aromatic carbocycles. The van der Waals surface area contributed by atoms with Gasteiger partial charge in [0.1, 0.15) is 0 Å². The van der Waals surface area contributed by atoms with Gasteiger partial charge < -0.3 is 4.90 Å². The van der Waals surface area contributed by atoms with Crippen LogP contribution in [0.5, 0.6) is 0 Å². The lowest BCUT2D eigenvalue weighted by Crippen LogP contribution is -2.48. The average molecular weight is 515 g/mol. The third kappa shape index (κ3) is 5.87. The molecule has 0 unspecified atom stereocenters. The lowest BCUT2D eigenvalue weighted by Gasteiger charge is -2.34. The molecule has 1 fully saturated rings. The highest BCUT2D eigenvalue weighted by Gasteiger charge is 2.23. The maximum atomic E-state index is 13.0. The van der Waals surface area contributed by atoms with Crippen LogP contribution in [0.25, 0.3) is 17.1 Å². The van der Waals surface area contributed by atoms with E-state index in [0.717, 1.165) is 25.3 Å². The Labute approximate surface area is 218 Å². The van der Waals surface area contributed by atoms with Gasteiger partial charge in [-0.1, -0.05) is 60.3 Å². The summed E-state index contributed by atoms with van der Waals surface area (Å²) in [5.74, 6) is 0.888. The van der Waals surface area contributed by atoms with Crippen LogP contribution < -0.4 is 0 Å². The van der Waals surface area contributed by atoms with Gasteiger partial charge in [0.2, 0.25) is 5.91 Å². The summed E-state index contributed by atoms with van der Waals surface area (Å²) in [6.07, 6.45) is 0. The number of nitro benzene ring substituents is 1. The smallest absolute Gasteiger partial charge is 0.269 e. The van der Waals surface area contributed by atoms with Crippen molar-refractivity contribution < 1.29 is 9.72 Å². The van der Waals surface area contributed by atoms with Crippen molar-refractivity contribution in [2.45, 2.75) is 11.7 Å². The van der Waals surface area contributed by atoms with Gasteiger partial charge in [0.25, 0.3) is 5.69 Å². The summed E-state index contributed by atoms with van der Waals surface area (Å²) in [4.78, 5) is 27.9. The minimum Gasteiger partial charge on any atom is -0.339 e. The highest BCUT2D eigenvalue weighted by molar-refractivity contribution is 7.99. The summed E-state index contributed by atoms with van der Waals surface area (Å²) in [7, 11) is 0. The first-order valence-electron chi connectivity index (χ1n) is 12.0. The van der Waals surface area contributed by atoms with Crippen LogP contribution in [0.3, 0.4) is 0 Å². The van der Waals surface area contributed by atoms with E-state index in [9.17, 15) is 14.9 Å². The molecular weight excluding hydrogens is 488 g/mol. The molecule has 1 aliphatic rings. The highest BCUT2D eigenvalue weighted by atomic mass is 32.2. The maximum Gasteiger partial charge on any atom is 0.269 e. The van der Waals surface area contributed by atoms with Crippen molar-refractivity contribution in [3.05, 3.63) is 101 Å². The van der Waals surface area contributed by atoms with E-state index < -0.39 is 4.92 Å². The van der Waals surface area contributed by atoms with Crippen molar-refractivity contribution in [2.75, 3.05) is 31.9 Å². The molecule has 0 radical (unpaired) electrons. The van der Waals surface area contributed by atoms with E-state index in [4.69, 9.17) is 0 Å². The number of amides is 1. The zero-order valence-corrected chi connectivity index (χ0v) is 21.0. The topological polar surface area (TPSA) is 97.4 Å². The van der Waals surface area contributed by atoms with Crippen LogP contribution in [0.1, 0.15) is 5.56 Å². The average Bonchev–Trinajstić information content (AvgIpc) is 3.37. The van der Waals surface area contributed by atoms with Crippen LogP contribution in [0, 0.1) is 10.1 Å². The molecule has 1 saturated heterocycles. The third-order valence-electron chi connectivity index (χ3n) is 6.28. The van der Waals surface area contributed by atoms with Crippen molar-refractivity contribution in [3.8, 4) is 17.1 Å². The quantitative estimate of drug-likeness (QED) is 0.197. The van der Waals surface area contributed by atoms with Gasteiger partial charge in [-0.25, -0.2) is 0 Å². The number of non-ortho nitro benzene ring substituents is 1. The third-order valence-corrected chi connectivity index (χ3v) is 7.20. The molecule has 37 heavy (non-hydrogen) atoms.